The van der Waals surface area contributed by atoms with E-state index in [0.717, 1.165) is 30.4 Å². The highest BCUT2D eigenvalue weighted by atomic mass is 16.5. The molecule has 1 aromatic heterocycles. The SMILES string of the molecule is CCCOc1ccc([C@H]2c3c(-c4ccccc4O)n[nH]c3C(=O)N2C[C@H]2CCCO2)cc1OCC. The molecule has 1 amide bonds. The van der Waals surface area contributed by atoms with Crippen LogP contribution in [-0.2, 0) is 4.74 Å². The lowest BCUT2D eigenvalue weighted by molar-refractivity contribution is 0.0495. The first-order chi connectivity index (χ1) is 17.1. The van der Waals surface area contributed by atoms with Gasteiger partial charge in [0.05, 0.1) is 25.4 Å². The highest BCUT2D eigenvalue weighted by Crippen LogP contribution is 2.46. The molecule has 2 aromatic carbocycles. The molecule has 1 saturated heterocycles. The minimum Gasteiger partial charge on any atom is -0.507 e. The molecule has 2 aliphatic heterocycles. The molecule has 0 unspecified atom stereocenters. The van der Waals surface area contributed by atoms with Crippen molar-refractivity contribution in [2.45, 2.75) is 45.3 Å². The van der Waals surface area contributed by atoms with Gasteiger partial charge in [-0.25, -0.2) is 0 Å². The van der Waals surface area contributed by atoms with Crippen LogP contribution in [0.25, 0.3) is 11.3 Å². The maximum Gasteiger partial charge on any atom is 0.273 e. The van der Waals surface area contributed by atoms with E-state index in [9.17, 15) is 9.90 Å². The van der Waals surface area contributed by atoms with Gasteiger partial charge in [-0.1, -0.05) is 25.1 Å². The lowest BCUT2D eigenvalue weighted by atomic mass is 9.95. The van der Waals surface area contributed by atoms with Crippen molar-refractivity contribution in [2.24, 2.45) is 0 Å². The number of aromatic nitrogens is 2. The number of nitrogens with one attached hydrogen (secondary N) is 1. The second-order valence-electron chi connectivity index (χ2n) is 8.86. The van der Waals surface area contributed by atoms with Gasteiger partial charge in [0.15, 0.2) is 11.5 Å². The van der Waals surface area contributed by atoms with Gasteiger partial charge in [0, 0.05) is 24.3 Å². The first-order valence-corrected chi connectivity index (χ1v) is 12.3. The number of hydrogen-bond acceptors (Lipinski definition) is 6. The summed E-state index contributed by atoms with van der Waals surface area (Å²) in [6.07, 6.45) is 2.79. The molecule has 0 spiro atoms. The van der Waals surface area contributed by atoms with Crippen molar-refractivity contribution in [1.82, 2.24) is 15.1 Å². The van der Waals surface area contributed by atoms with Gasteiger partial charge in [-0.15, -0.1) is 0 Å². The Morgan fingerprint density at radius 1 is 1.17 bits per heavy atom. The van der Waals surface area contributed by atoms with Crippen molar-refractivity contribution < 1.29 is 24.1 Å². The van der Waals surface area contributed by atoms with Crippen molar-refractivity contribution in [2.75, 3.05) is 26.4 Å². The molecule has 0 bridgehead atoms. The van der Waals surface area contributed by atoms with Gasteiger partial charge in [-0.2, -0.15) is 5.10 Å². The Hall–Kier alpha value is -3.52. The summed E-state index contributed by atoms with van der Waals surface area (Å²) in [5, 5.41) is 18.0. The standard InChI is InChI=1S/C27H31N3O5/c1-3-13-35-21-12-11-17(15-22(21)33-4-2)26-23-24(19-9-5-6-10-20(19)31)28-29-25(23)27(32)30(26)16-18-8-7-14-34-18/h5-6,9-12,15,18,26,31H,3-4,7-8,13-14,16H2,1-2H3,(H,28,29)/t18-,26+/m1/s1. The van der Waals surface area contributed by atoms with Gasteiger partial charge in [-0.3, -0.25) is 9.89 Å². The summed E-state index contributed by atoms with van der Waals surface area (Å²) in [5.74, 6) is 1.31. The van der Waals surface area contributed by atoms with Crippen LogP contribution in [0.3, 0.4) is 0 Å². The Balaban J connectivity index is 1.62. The number of amides is 1. The Morgan fingerprint density at radius 3 is 2.77 bits per heavy atom. The first kappa shape index (κ1) is 23.2. The fourth-order valence-electron chi connectivity index (χ4n) is 4.91. The van der Waals surface area contributed by atoms with E-state index in [1.54, 1.807) is 12.1 Å². The van der Waals surface area contributed by atoms with Crippen LogP contribution >= 0.6 is 0 Å². The second-order valence-corrected chi connectivity index (χ2v) is 8.86. The molecule has 1 fully saturated rings. The van der Waals surface area contributed by atoms with Gasteiger partial charge < -0.3 is 24.2 Å². The normalized spacial score (nSPS) is 19.3. The fraction of sp³-hybridized carbons (Fsp3) is 0.407. The summed E-state index contributed by atoms with van der Waals surface area (Å²) < 4.78 is 17.7. The maximum absolute atomic E-state index is 13.6. The van der Waals surface area contributed by atoms with Gasteiger partial charge in [0.25, 0.3) is 5.91 Å². The number of hydrogen-bond donors (Lipinski definition) is 2. The molecule has 0 saturated carbocycles. The molecule has 3 aromatic rings. The molecule has 35 heavy (non-hydrogen) atoms. The molecule has 0 aliphatic carbocycles. The Morgan fingerprint density at radius 2 is 2.03 bits per heavy atom. The summed E-state index contributed by atoms with van der Waals surface area (Å²) in [5.41, 5.74) is 3.22. The largest absolute Gasteiger partial charge is 0.507 e. The van der Waals surface area contributed by atoms with Crippen molar-refractivity contribution in [1.29, 1.82) is 0 Å². The van der Waals surface area contributed by atoms with Crippen molar-refractivity contribution >= 4 is 5.91 Å². The molecule has 8 nitrogen and oxygen atoms in total. The van der Waals surface area contributed by atoms with Crippen LogP contribution in [0.5, 0.6) is 17.2 Å². The van der Waals surface area contributed by atoms with Gasteiger partial charge in [0.2, 0.25) is 0 Å². The maximum atomic E-state index is 13.6. The van der Waals surface area contributed by atoms with E-state index < -0.39 is 6.04 Å². The molecule has 2 aliphatic rings. The number of carbonyl (C=O) groups is 1. The van der Waals surface area contributed by atoms with Gasteiger partial charge in [0.1, 0.15) is 17.1 Å². The highest BCUT2D eigenvalue weighted by Gasteiger charge is 2.44. The van der Waals surface area contributed by atoms with Crippen LogP contribution in [0.2, 0.25) is 0 Å². The van der Waals surface area contributed by atoms with Crippen molar-refractivity contribution in [3.05, 3.63) is 59.3 Å². The van der Waals surface area contributed by atoms with Crippen LogP contribution in [0.1, 0.15) is 60.8 Å². The third-order valence-electron chi connectivity index (χ3n) is 6.49. The molecule has 5 rings (SSSR count). The van der Waals surface area contributed by atoms with E-state index >= 15 is 0 Å². The van der Waals surface area contributed by atoms with E-state index in [-0.39, 0.29) is 17.8 Å². The highest BCUT2D eigenvalue weighted by molar-refractivity contribution is 6.00. The zero-order valence-corrected chi connectivity index (χ0v) is 20.1. The van der Waals surface area contributed by atoms with Crippen molar-refractivity contribution in [3.63, 3.8) is 0 Å². The van der Waals surface area contributed by atoms with Crippen LogP contribution in [0, 0.1) is 0 Å². The van der Waals surface area contributed by atoms with Crippen LogP contribution in [0.15, 0.2) is 42.5 Å². The number of para-hydroxylation sites is 1. The summed E-state index contributed by atoms with van der Waals surface area (Å²) in [4.78, 5) is 15.4. The fourth-order valence-corrected chi connectivity index (χ4v) is 4.91. The first-order valence-electron chi connectivity index (χ1n) is 12.3. The average molecular weight is 478 g/mol. The number of H-pyrrole nitrogens is 1. The number of aromatic amines is 1. The molecule has 0 radical (unpaired) electrons. The second kappa shape index (κ2) is 10.00. The summed E-state index contributed by atoms with van der Waals surface area (Å²) in [7, 11) is 0. The summed E-state index contributed by atoms with van der Waals surface area (Å²) in [6.45, 7) is 6.27. The third kappa shape index (κ3) is 4.34. The Labute approximate surface area is 204 Å². The quantitative estimate of drug-likeness (QED) is 0.464. The molecular weight excluding hydrogens is 446 g/mol. The van der Waals surface area contributed by atoms with Crippen LogP contribution in [-0.4, -0.2) is 58.6 Å². The zero-order valence-electron chi connectivity index (χ0n) is 20.1. The molecule has 2 atom stereocenters. The lowest BCUT2D eigenvalue weighted by Gasteiger charge is -2.29. The molecule has 2 N–H and O–H groups in total. The van der Waals surface area contributed by atoms with E-state index in [1.807, 2.05) is 42.2 Å². The smallest absolute Gasteiger partial charge is 0.273 e. The number of ether oxygens (including phenoxy) is 3. The minimum absolute atomic E-state index is 0.00878. The number of aromatic hydroxyl groups is 1. The third-order valence-corrected chi connectivity index (χ3v) is 6.49. The minimum atomic E-state index is -0.408. The van der Waals surface area contributed by atoms with Crippen LogP contribution < -0.4 is 9.47 Å². The number of phenols is 1. The molecular formula is C27H31N3O5. The van der Waals surface area contributed by atoms with Crippen molar-refractivity contribution in [3.8, 4) is 28.5 Å². The molecule has 184 valence electrons. The van der Waals surface area contributed by atoms with E-state index in [4.69, 9.17) is 14.2 Å². The van der Waals surface area contributed by atoms with Crippen LogP contribution in [0.4, 0.5) is 0 Å². The van der Waals surface area contributed by atoms with Gasteiger partial charge in [-0.05, 0) is 56.0 Å². The molecule has 3 heterocycles. The predicted molar refractivity (Wildman–Crippen MR) is 131 cm³/mol. The van der Waals surface area contributed by atoms with Gasteiger partial charge >= 0.3 is 0 Å². The topological polar surface area (TPSA) is 96.9 Å². The number of benzene rings is 2. The summed E-state index contributed by atoms with van der Waals surface area (Å²) >= 11 is 0. The van der Waals surface area contributed by atoms with E-state index in [2.05, 4.69) is 17.1 Å². The number of rotatable bonds is 9. The molecule has 8 heteroatoms. The number of phenolic OH excluding ortho intramolecular Hbond substituents is 1. The van der Waals surface area contributed by atoms with E-state index in [0.29, 0.717) is 54.8 Å². The number of nitrogens with zero attached hydrogens (tertiary/aromatic N) is 2. The lowest BCUT2D eigenvalue weighted by Crippen LogP contribution is -2.36. The Bertz CT molecular complexity index is 1200. The number of carbonyl (C=O) groups excluding carboxylic acids is 1. The number of fused-ring (bicyclic) bond motifs is 1. The average Bonchev–Trinajstić information content (AvgIpc) is 3.59. The predicted octanol–water partition coefficient (Wildman–Crippen LogP) is 4.69. The van der Waals surface area contributed by atoms with E-state index in [1.165, 1.54) is 0 Å². The zero-order chi connectivity index (χ0) is 24.4. The summed E-state index contributed by atoms with van der Waals surface area (Å²) in [6, 6.07) is 12.5. The monoisotopic (exact) mass is 477 g/mol. The Kier molecular flexibility index (Phi) is 6.63.